The van der Waals surface area contributed by atoms with E-state index in [1.165, 1.54) is 5.57 Å². The number of pyridine rings is 1. The largest absolute Gasteiger partial charge is 0.383 e. The summed E-state index contributed by atoms with van der Waals surface area (Å²) in [6.07, 6.45) is 3.92. The zero-order valence-corrected chi connectivity index (χ0v) is 13.3. The van der Waals surface area contributed by atoms with Gasteiger partial charge in [0.05, 0.1) is 5.60 Å². The summed E-state index contributed by atoms with van der Waals surface area (Å²) in [5, 5.41) is 10.1. The Balaban J connectivity index is 2.03. The Labute approximate surface area is 126 Å². The molecule has 5 nitrogen and oxygen atoms in total. The van der Waals surface area contributed by atoms with Crippen molar-refractivity contribution in [1.29, 1.82) is 0 Å². The molecule has 0 fully saturated rings. The van der Waals surface area contributed by atoms with Crippen LogP contribution in [-0.4, -0.2) is 40.1 Å². The van der Waals surface area contributed by atoms with Gasteiger partial charge >= 0.3 is 0 Å². The number of nitrogens with zero attached hydrogens (tertiary/aromatic N) is 2. The summed E-state index contributed by atoms with van der Waals surface area (Å²) in [4.78, 5) is 6.11. The molecule has 2 heterocycles. The molecule has 1 aliphatic heterocycles. The van der Waals surface area contributed by atoms with Crippen molar-refractivity contribution >= 4 is 11.4 Å². The number of aromatic nitrogens is 1. The van der Waals surface area contributed by atoms with E-state index in [1.807, 2.05) is 38.8 Å². The van der Waals surface area contributed by atoms with Crippen LogP contribution < -0.4 is 5.73 Å². The minimum atomic E-state index is -0.867. The molecule has 0 radical (unpaired) electrons. The monoisotopic (exact) mass is 291 g/mol. The SMILES string of the molecule is Cc1cc(C2=CCN(C(O)OC(C)(C)C)CC2)cnc1N. The van der Waals surface area contributed by atoms with E-state index >= 15 is 0 Å². The Bertz CT molecular complexity index is 535. The van der Waals surface area contributed by atoms with E-state index < -0.39 is 6.41 Å². The van der Waals surface area contributed by atoms with Crippen molar-refractivity contribution in [1.82, 2.24) is 9.88 Å². The standard InChI is InChI=1S/C16H25N3O2/c1-11-9-13(10-18-14(11)17)12-5-7-19(8-6-12)15(20)21-16(2,3)4/h5,9-10,15,20H,6-8H2,1-4H3,(H2,17,18). The second kappa shape index (κ2) is 6.13. The number of anilines is 1. The van der Waals surface area contributed by atoms with E-state index in [-0.39, 0.29) is 5.60 Å². The highest BCUT2D eigenvalue weighted by atomic mass is 16.6. The lowest BCUT2D eigenvalue weighted by Gasteiger charge is -2.34. The van der Waals surface area contributed by atoms with Gasteiger partial charge in [-0.05, 0) is 56.9 Å². The summed E-state index contributed by atoms with van der Waals surface area (Å²) in [5.41, 5.74) is 8.73. The molecule has 2 rings (SSSR count). The average Bonchev–Trinajstić information content (AvgIpc) is 2.40. The predicted octanol–water partition coefficient (Wildman–Crippen LogP) is 2.15. The highest BCUT2D eigenvalue weighted by Gasteiger charge is 2.24. The van der Waals surface area contributed by atoms with Crippen LogP contribution in [0.15, 0.2) is 18.3 Å². The van der Waals surface area contributed by atoms with Gasteiger partial charge in [-0.3, -0.25) is 4.90 Å². The zero-order valence-electron chi connectivity index (χ0n) is 13.3. The molecule has 0 amide bonds. The number of nitrogen functional groups attached to an aromatic ring is 1. The number of hydrogen-bond acceptors (Lipinski definition) is 5. The Morgan fingerprint density at radius 2 is 2.14 bits per heavy atom. The normalized spacial score (nSPS) is 18.4. The summed E-state index contributed by atoms with van der Waals surface area (Å²) in [6, 6.07) is 2.06. The fourth-order valence-electron chi connectivity index (χ4n) is 2.30. The fourth-order valence-corrected chi connectivity index (χ4v) is 2.30. The van der Waals surface area contributed by atoms with Gasteiger partial charge in [0.25, 0.3) is 0 Å². The van der Waals surface area contributed by atoms with Crippen molar-refractivity contribution < 1.29 is 9.84 Å². The maximum atomic E-state index is 10.1. The van der Waals surface area contributed by atoms with Crippen LogP contribution in [-0.2, 0) is 4.74 Å². The first-order chi connectivity index (χ1) is 9.76. The fraction of sp³-hybridized carbons (Fsp3) is 0.562. The molecule has 0 bridgehead atoms. The molecular formula is C16H25N3O2. The van der Waals surface area contributed by atoms with Gasteiger partial charge in [0.1, 0.15) is 5.82 Å². The molecule has 116 valence electrons. The summed E-state index contributed by atoms with van der Waals surface area (Å²) in [6.45, 7) is 9.18. The second-order valence-corrected chi connectivity index (χ2v) is 6.46. The van der Waals surface area contributed by atoms with Crippen LogP contribution in [0.25, 0.3) is 5.57 Å². The van der Waals surface area contributed by atoms with Crippen LogP contribution in [0.3, 0.4) is 0 Å². The van der Waals surface area contributed by atoms with Gasteiger partial charge in [0.15, 0.2) is 0 Å². The average molecular weight is 291 g/mol. The van der Waals surface area contributed by atoms with Crippen LogP contribution in [0, 0.1) is 6.92 Å². The topological polar surface area (TPSA) is 71.6 Å². The number of hydrogen-bond donors (Lipinski definition) is 2. The van der Waals surface area contributed by atoms with Gasteiger partial charge in [-0.2, -0.15) is 0 Å². The van der Waals surface area contributed by atoms with E-state index in [2.05, 4.69) is 17.1 Å². The molecule has 0 spiro atoms. The minimum Gasteiger partial charge on any atom is -0.383 e. The molecule has 1 aromatic rings. The lowest BCUT2D eigenvalue weighted by molar-refractivity contribution is -0.236. The Hall–Kier alpha value is -1.43. The Kier molecular flexibility index (Phi) is 4.66. The first kappa shape index (κ1) is 15.9. The third-order valence-corrected chi connectivity index (χ3v) is 3.50. The lowest BCUT2D eigenvalue weighted by Crippen LogP contribution is -2.43. The van der Waals surface area contributed by atoms with E-state index in [0.29, 0.717) is 12.4 Å². The van der Waals surface area contributed by atoms with Crippen molar-refractivity contribution in [3.63, 3.8) is 0 Å². The van der Waals surface area contributed by atoms with Crippen molar-refractivity contribution in [2.45, 2.75) is 46.1 Å². The van der Waals surface area contributed by atoms with Crippen LogP contribution in [0.4, 0.5) is 5.82 Å². The second-order valence-electron chi connectivity index (χ2n) is 6.46. The molecule has 3 N–H and O–H groups in total. The van der Waals surface area contributed by atoms with Gasteiger partial charge < -0.3 is 15.6 Å². The number of ether oxygens (including phenoxy) is 1. The Morgan fingerprint density at radius 1 is 1.43 bits per heavy atom. The summed E-state index contributed by atoms with van der Waals surface area (Å²) < 4.78 is 5.58. The summed E-state index contributed by atoms with van der Waals surface area (Å²) in [5.74, 6) is 0.575. The van der Waals surface area contributed by atoms with Crippen molar-refractivity contribution in [3.8, 4) is 0 Å². The maximum absolute atomic E-state index is 10.1. The number of rotatable bonds is 3. The molecule has 1 unspecified atom stereocenters. The van der Waals surface area contributed by atoms with Gasteiger partial charge in [0.2, 0.25) is 6.41 Å². The van der Waals surface area contributed by atoms with Gasteiger partial charge in [-0.25, -0.2) is 4.98 Å². The van der Waals surface area contributed by atoms with Gasteiger partial charge in [-0.15, -0.1) is 0 Å². The van der Waals surface area contributed by atoms with E-state index in [9.17, 15) is 5.11 Å². The van der Waals surface area contributed by atoms with Crippen LogP contribution in [0.5, 0.6) is 0 Å². The number of aliphatic hydroxyl groups is 1. The smallest absolute Gasteiger partial charge is 0.216 e. The maximum Gasteiger partial charge on any atom is 0.216 e. The quantitative estimate of drug-likeness (QED) is 0.835. The molecule has 1 aliphatic rings. The van der Waals surface area contributed by atoms with E-state index in [4.69, 9.17) is 10.5 Å². The highest BCUT2D eigenvalue weighted by molar-refractivity contribution is 5.67. The zero-order chi connectivity index (χ0) is 15.6. The van der Waals surface area contributed by atoms with E-state index in [1.54, 1.807) is 0 Å². The van der Waals surface area contributed by atoms with Gasteiger partial charge in [0, 0.05) is 19.3 Å². The summed E-state index contributed by atoms with van der Waals surface area (Å²) >= 11 is 0. The molecule has 1 aromatic heterocycles. The third-order valence-electron chi connectivity index (χ3n) is 3.50. The first-order valence-electron chi connectivity index (χ1n) is 7.28. The number of aliphatic hydroxyl groups excluding tert-OH is 1. The van der Waals surface area contributed by atoms with Crippen molar-refractivity contribution in [2.24, 2.45) is 0 Å². The Morgan fingerprint density at radius 3 is 2.67 bits per heavy atom. The molecule has 0 saturated carbocycles. The van der Waals surface area contributed by atoms with Gasteiger partial charge in [-0.1, -0.05) is 6.08 Å². The third kappa shape index (κ3) is 4.27. The number of aryl methyl sites for hydroxylation is 1. The molecule has 0 saturated heterocycles. The van der Waals surface area contributed by atoms with E-state index in [0.717, 1.165) is 24.1 Å². The molecular weight excluding hydrogens is 266 g/mol. The van der Waals surface area contributed by atoms with Crippen LogP contribution in [0.1, 0.15) is 38.3 Å². The molecule has 0 aromatic carbocycles. The summed E-state index contributed by atoms with van der Waals surface area (Å²) in [7, 11) is 0. The molecule has 0 aliphatic carbocycles. The highest BCUT2D eigenvalue weighted by Crippen LogP contribution is 2.25. The predicted molar refractivity (Wildman–Crippen MR) is 84.4 cm³/mol. The molecule has 1 atom stereocenters. The molecule has 5 heteroatoms. The van der Waals surface area contributed by atoms with Crippen molar-refractivity contribution in [2.75, 3.05) is 18.8 Å². The lowest BCUT2D eigenvalue weighted by atomic mass is 10.00. The van der Waals surface area contributed by atoms with Crippen molar-refractivity contribution in [3.05, 3.63) is 29.5 Å². The minimum absolute atomic E-state index is 0.360. The molecule has 21 heavy (non-hydrogen) atoms. The van der Waals surface area contributed by atoms with Crippen LogP contribution >= 0.6 is 0 Å². The first-order valence-corrected chi connectivity index (χ1v) is 7.28. The van der Waals surface area contributed by atoms with Crippen LogP contribution in [0.2, 0.25) is 0 Å². The number of nitrogens with two attached hydrogens (primary N) is 1.